The lowest BCUT2D eigenvalue weighted by atomic mass is 9.90. The van der Waals surface area contributed by atoms with Crippen molar-refractivity contribution in [1.29, 1.82) is 0 Å². The molecule has 2 aromatic rings. The van der Waals surface area contributed by atoms with Gasteiger partial charge in [0.05, 0.1) is 5.60 Å². The predicted octanol–water partition coefficient (Wildman–Crippen LogP) is 4.29. The van der Waals surface area contributed by atoms with E-state index in [1.807, 2.05) is 13.8 Å². The van der Waals surface area contributed by atoms with Gasteiger partial charge in [-0.25, -0.2) is 0 Å². The summed E-state index contributed by atoms with van der Waals surface area (Å²) < 4.78 is 0. The first kappa shape index (κ1) is 11.7. The summed E-state index contributed by atoms with van der Waals surface area (Å²) in [6.45, 7) is 8.31. The van der Waals surface area contributed by atoms with E-state index in [9.17, 15) is 5.11 Å². The van der Waals surface area contributed by atoms with Crippen molar-refractivity contribution in [3.8, 4) is 0 Å². The van der Waals surface area contributed by atoms with Gasteiger partial charge >= 0.3 is 0 Å². The fraction of sp³-hybridized carbons (Fsp3) is 0.412. The van der Waals surface area contributed by atoms with Crippen molar-refractivity contribution in [2.75, 3.05) is 0 Å². The fourth-order valence-electron chi connectivity index (χ4n) is 3.29. The van der Waals surface area contributed by atoms with Gasteiger partial charge in [0.1, 0.15) is 0 Å². The van der Waals surface area contributed by atoms with Crippen molar-refractivity contribution in [1.82, 2.24) is 0 Å². The van der Waals surface area contributed by atoms with Crippen molar-refractivity contribution < 1.29 is 5.11 Å². The second-order valence-electron chi connectivity index (χ2n) is 6.11. The van der Waals surface area contributed by atoms with Crippen molar-refractivity contribution in [3.05, 3.63) is 47.0 Å². The maximum atomic E-state index is 10.3. The maximum absolute atomic E-state index is 10.3. The Morgan fingerprint density at radius 1 is 0.944 bits per heavy atom. The number of aliphatic hydroxyl groups is 1. The van der Waals surface area contributed by atoms with E-state index in [4.69, 9.17) is 0 Å². The van der Waals surface area contributed by atoms with Gasteiger partial charge in [0, 0.05) is 0 Å². The van der Waals surface area contributed by atoms with E-state index >= 15 is 0 Å². The highest BCUT2D eigenvalue weighted by atomic mass is 16.3. The van der Waals surface area contributed by atoms with E-state index < -0.39 is 5.60 Å². The molecule has 1 aliphatic carbocycles. The van der Waals surface area contributed by atoms with Crippen LogP contribution in [0.25, 0.3) is 10.8 Å². The summed E-state index contributed by atoms with van der Waals surface area (Å²) >= 11 is 0. The van der Waals surface area contributed by atoms with Crippen LogP contribution in [0.1, 0.15) is 56.2 Å². The van der Waals surface area contributed by atoms with Crippen LogP contribution in [-0.4, -0.2) is 5.11 Å². The molecule has 1 N–H and O–H groups in total. The molecule has 18 heavy (non-hydrogen) atoms. The second-order valence-corrected chi connectivity index (χ2v) is 6.11. The molecular formula is C17H20O. The van der Waals surface area contributed by atoms with Crippen LogP contribution in [-0.2, 0) is 5.60 Å². The molecule has 1 nitrogen and oxygen atoms in total. The minimum Gasteiger partial charge on any atom is -0.386 e. The molecule has 2 atom stereocenters. The Morgan fingerprint density at radius 3 is 2.17 bits per heavy atom. The SMILES string of the molecule is CC1c2cccc3c(C(C)(C)O)ccc(c23)C1C. The highest BCUT2D eigenvalue weighted by molar-refractivity contribution is 5.95. The van der Waals surface area contributed by atoms with Crippen LogP contribution in [0.4, 0.5) is 0 Å². The summed E-state index contributed by atoms with van der Waals surface area (Å²) in [6, 6.07) is 10.8. The van der Waals surface area contributed by atoms with E-state index in [2.05, 4.69) is 44.2 Å². The standard InChI is InChI=1S/C17H20O/c1-10-11(2)13-8-9-15(17(3,4)18)14-7-5-6-12(10)16(13)14/h5-11,18H,1-4H3. The zero-order valence-electron chi connectivity index (χ0n) is 11.5. The van der Waals surface area contributed by atoms with Gasteiger partial charge in [-0.15, -0.1) is 0 Å². The third-order valence-corrected chi connectivity index (χ3v) is 4.50. The van der Waals surface area contributed by atoms with Gasteiger partial charge < -0.3 is 5.11 Å². The largest absolute Gasteiger partial charge is 0.386 e. The molecule has 0 aromatic heterocycles. The molecule has 3 rings (SSSR count). The van der Waals surface area contributed by atoms with Gasteiger partial charge in [0.15, 0.2) is 0 Å². The Labute approximate surface area is 108 Å². The average Bonchev–Trinajstić information content (AvgIpc) is 2.56. The Bertz CT molecular complexity index is 605. The Balaban J connectivity index is 2.42. The molecule has 0 aliphatic heterocycles. The molecule has 0 saturated carbocycles. The van der Waals surface area contributed by atoms with Crippen molar-refractivity contribution in [2.24, 2.45) is 0 Å². The van der Waals surface area contributed by atoms with Crippen molar-refractivity contribution in [3.63, 3.8) is 0 Å². The van der Waals surface area contributed by atoms with Gasteiger partial charge in [-0.3, -0.25) is 0 Å². The summed E-state index contributed by atoms with van der Waals surface area (Å²) in [6.07, 6.45) is 0. The fourth-order valence-corrected chi connectivity index (χ4v) is 3.29. The van der Waals surface area contributed by atoms with E-state index in [1.165, 1.54) is 21.9 Å². The highest BCUT2D eigenvalue weighted by Crippen LogP contribution is 2.47. The normalized spacial score (nSPS) is 22.7. The van der Waals surface area contributed by atoms with E-state index in [-0.39, 0.29) is 0 Å². The topological polar surface area (TPSA) is 20.2 Å². The van der Waals surface area contributed by atoms with Gasteiger partial charge in [0.25, 0.3) is 0 Å². The van der Waals surface area contributed by atoms with Crippen LogP contribution in [0, 0.1) is 0 Å². The molecule has 2 unspecified atom stereocenters. The van der Waals surface area contributed by atoms with Crippen LogP contribution < -0.4 is 0 Å². The van der Waals surface area contributed by atoms with Gasteiger partial charge in [-0.1, -0.05) is 44.2 Å². The van der Waals surface area contributed by atoms with E-state index in [1.54, 1.807) is 0 Å². The summed E-state index contributed by atoms with van der Waals surface area (Å²) in [5.74, 6) is 1.14. The summed E-state index contributed by atoms with van der Waals surface area (Å²) in [7, 11) is 0. The van der Waals surface area contributed by atoms with E-state index in [0.717, 1.165) is 5.56 Å². The second kappa shape index (κ2) is 3.58. The molecule has 1 heteroatoms. The molecule has 0 spiro atoms. The lowest BCUT2D eigenvalue weighted by molar-refractivity contribution is 0.0802. The summed E-state index contributed by atoms with van der Waals surface area (Å²) in [5, 5.41) is 12.9. The number of benzene rings is 2. The van der Waals surface area contributed by atoms with Gasteiger partial charge in [0.2, 0.25) is 0 Å². The molecule has 0 heterocycles. The van der Waals surface area contributed by atoms with Gasteiger partial charge in [-0.2, -0.15) is 0 Å². The molecule has 0 bridgehead atoms. The molecule has 0 saturated heterocycles. The number of rotatable bonds is 1. The molecule has 94 valence electrons. The molecular weight excluding hydrogens is 220 g/mol. The Morgan fingerprint density at radius 2 is 1.56 bits per heavy atom. The first-order chi connectivity index (χ1) is 8.41. The average molecular weight is 240 g/mol. The lowest BCUT2D eigenvalue weighted by Gasteiger charge is -2.21. The third-order valence-electron chi connectivity index (χ3n) is 4.50. The number of hydrogen-bond donors (Lipinski definition) is 1. The molecule has 0 fully saturated rings. The van der Waals surface area contributed by atoms with Crippen LogP contribution in [0.3, 0.4) is 0 Å². The minimum absolute atomic E-state index is 0.570. The minimum atomic E-state index is -0.785. The first-order valence-electron chi connectivity index (χ1n) is 6.69. The molecule has 2 aromatic carbocycles. The molecule has 0 radical (unpaired) electrons. The van der Waals surface area contributed by atoms with Gasteiger partial charge in [-0.05, 0) is 53.1 Å². The quantitative estimate of drug-likeness (QED) is 0.788. The maximum Gasteiger partial charge on any atom is 0.0846 e. The zero-order chi connectivity index (χ0) is 13.1. The van der Waals surface area contributed by atoms with E-state index in [0.29, 0.717) is 11.8 Å². The molecule has 1 aliphatic rings. The summed E-state index contributed by atoms with van der Waals surface area (Å²) in [4.78, 5) is 0. The lowest BCUT2D eigenvalue weighted by Crippen LogP contribution is -2.16. The monoisotopic (exact) mass is 240 g/mol. The smallest absolute Gasteiger partial charge is 0.0846 e. The summed E-state index contributed by atoms with van der Waals surface area (Å²) in [5.41, 5.74) is 3.11. The Kier molecular flexibility index (Phi) is 2.33. The van der Waals surface area contributed by atoms with Crippen LogP contribution >= 0.6 is 0 Å². The first-order valence-corrected chi connectivity index (χ1v) is 6.69. The number of hydrogen-bond acceptors (Lipinski definition) is 1. The van der Waals surface area contributed by atoms with Crippen LogP contribution in [0.2, 0.25) is 0 Å². The Hall–Kier alpha value is -1.34. The van der Waals surface area contributed by atoms with Crippen molar-refractivity contribution in [2.45, 2.75) is 45.1 Å². The zero-order valence-corrected chi connectivity index (χ0v) is 11.5. The highest BCUT2D eigenvalue weighted by Gasteiger charge is 2.30. The third kappa shape index (κ3) is 1.44. The van der Waals surface area contributed by atoms with Crippen molar-refractivity contribution >= 4 is 10.8 Å². The predicted molar refractivity (Wildman–Crippen MR) is 76.0 cm³/mol. The van der Waals surface area contributed by atoms with Crippen LogP contribution in [0.5, 0.6) is 0 Å². The molecule has 0 amide bonds. The van der Waals surface area contributed by atoms with Crippen LogP contribution in [0.15, 0.2) is 30.3 Å².